The zero-order valence-electron chi connectivity index (χ0n) is 49.3. The number of nitrogens with zero attached hydrogens (tertiary/aromatic N) is 2. The Kier molecular flexibility index (Phi) is 37.1. The number of hydrogen-bond acceptors (Lipinski definition) is 5. The zero-order chi connectivity index (χ0) is 70.1. The fourth-order valence-corrected chi connectivity index (χ4v) is 11.1. The number of alkyl halides is 29. The molecule has 8 nitrogen and oxygen atoms in total. The van der Waals surface area contributed by atoms with Gasteiger partial charge >= 0.3 is 37.1 Å². The van der Waals surface area contributed by atoms with Crippen molar-refractivity contribution in [2.24, 2.45) is 35.5 Å². The minimum atomic E-state index is -5.82. The van der Waals surface area contributed by atoms with E-state index >= 15 is 0 Å². The topological polar surface area (TPSA) is 95.6 Å². The Balaban J connectivity index is -0.000000771. The molecule has 0 amide bonds. The molecule has 0 bridgehead atoms. The lowest BCUT2D eigenvalue weighted by Gasteiger charge is -2.32. The fourth-order valence-electron chi connectivity index (χ4n) is 8.74. The minimum Gasteiger partial charge on any atom is -1.00 e. The van der Waals surface area contributed by atoms with Crippen LogP contribution in [0.25, 0.3) is 0 Å². The molecule has 8 unspecified atom stereocenters. The van der Waals surface area contributed by atoms with Gasteiger partial charge < -0.3 is 21.8 Å². The standard InChI is InChI=1S/C24H39F14N2O2S.C23H36F14N2O2S.CH3Cl.ClH/c1-16(13-20(26,27)15-21(28,29)14-19(2,25)24(36,37)38)11-18(23(33,34)35)12-17(22(30,31)32)7-10-43(41,42)39-8-6-9-40(3,4)5;1-15(12-19(25,26)14-20(27,28)13-18(2,24)23(35,36)37)10-17(22(32,33)34)11-16(21(29,30)31)6-9-42(40,41)38-7-5-8-39(3)4;1-2;/h16-18,39H,6-15H2,1-5H3;15-17,38H,5-14H2,1-4H3;1H3;1H/q+1;;;/p-1. The van der Waals surface area contributed by atoms with Gasteiger partial charge in [0.15, 0.2) is 0 Å². The molecule has 88 heavy (non-hydrogen) atoms. The second-order valence-corrected chi connectivity index (χ2v) is 27.4. The average Bonchev–Trinajstić information content (AvgIpc) is 3.22. The fraction of sp³-hybridized carbons (Fsp3) is 1.00. The van der Waals surface area contributed by atoms with E-state index in [1.807, 2.05) is 4.72 Å². The van der Waals surface area contributed by atoms with Crippen LogP contribution in [0, 0.1) is 35.5 Å². The molecule has 0 saturated heterocycles. The first-order chi connectivity index (χ1) is 38.1. The highest BCUT2D eigenvalue weighted by Gasteiger charge is 2.61. The van der Waals surface area contributed by atoms with Crippen molar-refractivity contribution in [3.63, 3.8) is 0 Å². The maximum absolute atomic E-state index is 14.3. The van der Waals surface area contributed by atoms with E-state index in [0.29, 0.717) is 37.8 Å². The molecule has 0 aromatic heterocycles. The highest BCUT2D eigenvalue weighted by Crippen LogP contribution is 2.50. The van der Waals surface area contributed by atoms with Crippen molar-refractivity contribution in [3.05, 3.63) is 0 Å². The summed E-state index contributed by atoms with van der Waals surface area (Å²) in [5, 5.41) is 0. The van der Waals surface area contributed by atoms with Gasteiger partial charge in [-0.2, -0.15) is 79.0 Å². The Morgan fingerprint density at radius 3 is 0.943 bits per heavy atom. The molecule has 0 fully saturated rings. The Bertz CT molecular complexity index is 2190. The van der Waals surface area contributed by atoms with E-state index in [-0.39, 0.29) is 45.8 Å². The molecule has 0 heterocycles. The van der Waals surface area contributed by atoms with Crippen molar-refractivity contribution in [1.82, 2.24) is 14.3 Å². The molecular weight excluding hydrogens is 1360 g/mol. The molecule has 0 spiro atoms. The van der Waals surface area contributed by atoms with Crippen molar-refractivity contribution in [2.75, 3.05) is 79.3 Å². The molecule has 8 atom stereocenters. The second-order valence-electron chi connectivity index (χ2n) is 23.6. The summed E-state index contributed by atoms with van der Waals surface area (Å²) in [4.78, 5) is 1.70. The van der Waals surface area contributed by atoms with Crippen LogP contribution in [-0.2, 0) is 20.0 Å². The van der Waals surface area contributed by atoms with Crippen molar-refractivity contribution >= 4 is 31.6 Å². The lowest BCUT2D eigenvalue weighted by molar-refractivity contribution is -0.870. The molecule has 0 aliphatic rings. The number of halogens is 30. The van der Waals surface area contributed by atoms with Crippen LogP contribution in [0.15, 0.2) is 0 Å². The largest absolute Gasteiger partial charge is 1.00 e. The van der Waals surface area contributed by atoms with Crippen LogP contribution >= 0.6 is 11.6 Å². The molecule has 2 N–H and O–H groups in total. The zero-order valence-corrected chi connectivity index (χ0v) is 52.4. The van der Waals surface area contributed by atoms with E-state index in [4.69, 9.17) is 0 Å². The average molecular weight is 1440 g/mol. The van der Waals surface area contributed by atoms with Gasteiger partial charge in [0.2, 0.25) is 31.4 Å². The third-order valence-electron chi connectivity index (χ3n) is 13.0. The number of quaternary nitrogens is 1. The van der Waals surface area contributed by atoms with E-state index in [1.165, 1.54) is 6.38 Å². The number of sulfonamides is 2. The number of nitrogens with one attached hydrogen (secondary N) is 2. The molecule has 0 aliphatic heterocycles. The summed E-state index contributed by atoms with van der Waals surface area (Å²) in [5.74, 6) is -36.6. The van der Waals surface area contributed by atoms with Gasteiger partial charge in [0, 0.05) is 38.7 Å². The molecule has 40 heteroatoms. The number of rotatable bonds is 36. The van der Waals surface area contributed by atoms with Crippen LogP contribution in [0.1, 0.15) is 118 Å². The third-order valence-corrected chi connectivity index (χ3v) is 15.8. The van der Waals surface area contributed by atoms with Crippen LogP contribution < -0.4 is 21.9 Å². The highest BCUT2D eigenvalue weighted by molar-refractivity contribution is 7.89. The predicted molar refractivity (Wildman–Crippen MR) is 269 cm³/mol. The SMILES string of the molecule is CC(CC(CC(CCS(=O)(=O)NCCCN(C)C)C(F)(F)F)C(F)(F)F)CC(F)(F)CC(F)(F)CC(C)(F)C(F)(F)F.CC(CC(CC(CCS(=O)(=O)NCCC[N+](C)(C)C)C(F)(F)F)C(F)(F)F)CC(F)(F)CC(F)(F)CC(C)(F)C(F)(F)F.CCl.[Cl-]. The monoisotopic (exact) mass is 1440 g/mol. The second kappa shape index (κ2) is 35.2. The summed E-state index contributed by atoms with van der Waals surface area (Å²) in [6, 6.07) is 0. The van der Waals surface area contributed by atoms with Crippen molar-refractivity contribution in [2.45, 2.75) is 190 Å². The Morgan fingerprint density at radius 1 is 0.432 bits per heavy atom. The summed E-state index contributed by atoms with van der Waals surface area (Å²) in [5.41, 5.74) is -9.11. The van der Waals surface area contributed by atoms with Crippen LogP contribution in [-0.4, -0.2) is 178 Å². The van der Waals surface area contributed by atoms with Gasteiger partial charge in [-0.1, -0.05) is 13.8 Å². The first-order valence-electron chi connectivity index (χ1n) is 26.1. The number of hydrogen-bond donors (Lipinski definition) is 2. The van der Waals surface area contributed by atoms with E-state index in [9.17, 15) is 140 Å². The smallest absolute Gasteiger partial charge is 0.422 e. The van der Waals surface area contributed by atoms with E-state index in [0.717, 1.165) is 0 Å². The maximum Gasteiger partial charge on any atom is 0.422 e. The van der Waals surface area contributed by atoms with Crippen LogP contribution in [0.5, 0.6) is 0 Å². The van der Waals surface area contributed by atoms with Crippen LogP contribution in [0.4, 0.5) is 123 Å². The quantitative estimate of drug-likeness (QED) is 0.0282. The Hall–Kier alpha value is -1.64. The van der Waals surface area contributed by atoms with Crippen LogP contribution in [0.2, 0.25) is 0 Å². The normalized spacial score (nSPS) is 17.7. The molecule has 0 radical (unpaired) electrons. The predicted octanol–water partition coefficient (Wildman–Crippen LogP) is 13.5. The molecule has 0 rings (SSSR count). The highest BCUT2D eigenvalue weighted by atomic mass is 35.5. The van der Waals surface area contributed by atoms with E-state index in [1.54, 1.807) is 40.1 Å². The van der Waals surface area contributed by atoms with Gasteiger partial charge in [-0.3, -0.25) is 0 Å². The van der Waals surface area contributed by atoms with Crippen molar-refractivity contribution in [3.8, 4) is 0 Å². The summed E-state index contributed by atoms with van der Waals surface area (Å²) < 4.78 is 431. The molecule has 0 saturated carbocycles. The maximum atomic E-state index is 14.3. The first kappa shape index (κ1) is 92.8. The summed E-state index contributed by atoms with van der Waals surface area (Å²) >= 11 is 4.64. The van der Waals surface area contributed by atoms with Crippen molar-refractivity contribution in [1.29, 1.82) is 0 Å². The summed E-state index contributed by atoms with van der Waals surface area (Å²) in [6.07, 6.45) is -54.0. The van der Waals surface area contributed by atoms with Gasteiger partial charge in [0.1, 0.15) is 0 Å². The van der Waals surface area contributed by atoms with Gasteiger partial charge in [0.25, 0.3) is 23.7 Å². The lowest BCUT2D eigenvalue weighted by atomic mass is 9.83. The molecule has 0 aliphatic carbocycles. The van der Waals surface area contributed by atoms with Crippen molar-refractivity contribution < 1.29 is 157 Å². The van der Waals surface area contributed by atoms with E-state index < -0.39 is 216 Å². The first-order valence-corrected chi connectivity index (χ1v) is 30.2. The molecular formula is C48H78Cl2F28N4O4S2. The van der Waals surface area contributed by atoms with Gasteiger partial charge in [-0.05, 0) is 91.3 Å². The Labute approximate surface area is 505 Å². The molecule has 0 aromatic carbocycles. The Morgan fingerprint density at radius 2 is 0.705 bits per heavy atom. The van der Waals surface area contributed by atoms with Gasteiger partial charge in [0.05, 0.1) is 88.5 Å². The molecule has 0 aromatic rings. The van der Waals surface area contributed by atoms with Gasteiger partial charge in [-0.15, -0.1) is 11.6 Å². The van der Waals surface area contributed by atoms with E-state index in [2.05, 4.69) is 16.3 Å². The minimum absolute atomic E-state index is 0. The lowest BCUT2D eigenvalue weighted by Crippen LogP contribution is -3.00. The summed E-state index contributed by atoms with van der Waals surface area (Å²) in [7, 11) is 0.131. The molecule has 536 valence electrons. The van der Waals surface area contributed by atoms with Crippen LogP contribution in [0.3, 0.4) is 0 Å². The summed E-state index contributed by atoms with van der Waals surface area (Å²) in [6.45, 7) is 1.47. The third kappa shape index (κ3) is 41.1. The van der Waals surface area contributed by atoms with Gasteiger partial charge in [-0.25, -0.2) is 70.2 Å².